The fourth-order valence-electron chi connectivity index (χ4n) is 5.65. The van der Waals surface area contributed by atoms with E-state index in [0.717, 1.165) is 16.5 Å². The fraction of sp³-hybridized carbons (Fsp3) is 0.324. The van der Waals surface area contributed by atoms with Gasteiger partial charge in [0.15, 0.2) is 0 Å². The number of hydrogen-bond acceptors (Lipinski definition) is 4. The molecular formula is C34H35F4N5O4. The molecule has 3 aromatic carbocycles. The summed E-state index contributed by atoms with van der Waals surface area (Å²) in [4.78, 5) is 45.2. The Balaban J connectivity index is 1.32. The van der Waals surface area contributed by atoms with Gasteiger partial charge >= 0.3 is 18.1 Å². The summed E-state index contributed by atoms with van der Waals surface area (Å²) in [5, 5.41) is 5.68. The first-order valence-corrected chi connectivity index (χ1v) is 15.2. The number of nitrogens with zero attached hydrogens (tertiary/aromatic N) is 2. The summed E-state index contributed by atoms with van der Waals surface area (Å²) in [5.41, 5.74) is 2.42. The number of hydrogen-bond donors (Lipinski definition) is 3. The molecule has 1 aliphatic rings. The highest BCUT2D eigenvalue weighted by Gasteiger charge is 2.38. The van der Waals surface area contributed by atoms with Crippen molar-refractivity contribution in [3.63, 3.8) is 0 Å². The molecule has 5 rings (SSSR count). The number of urea groups is 1. The quantitative estimate of drug-likeness (QED) is 0.197. The molecule has 0 bridgehead atoms. The molecule has 47 heavy (non-hydrogen) atoms. The number of carbonyl (C=O) groups is 3. The molecule has 1 saturated heterocycles. The lowest BCUT2D eigenvalue weighted by Crippen LogP contribution is -2.55. The molecule has 1 aromatic heterocycles. The lowest BCUT2D eigenvalue weighted by atomic mass is 9.91. The van der Waals surface area contributed by atoms with Crippen LogP contribution in [0.15, 0.2) is 79.0 Å². The molecule has 0 aliphatic carbocycles. The maximum absolute atomic E-state index is 14.1. The van der Waals surface area contributed by atoms with Crippen LogP contribution < -0.4 is 20.3 Å². The summed E-state index contributed by atoms with van der Waals surface area (Å²) < 4.78 is 57.3. The van der Waals surface area contributed by atoms with Crippen molar-refractivity contribution in [3.05, 3.63) is 95.9 Å². The Morgan fingerprint density at radius 3 is 2.43 bits per heavy atom. The Morgan fingerprint density at radius 1 is 1.02 bits per heavy atom. The molecule has 1 aliphatic heterocycles. The van der Waals surface area contributed by atoms with E-state index in [1.807, 2.05) is 42.7 Å². The average Bonchev–Trinajstić information content (AvgIpc) is 3.50. The molecule has 3 N–H and O–H groups in total. The molecule has 0 saturated carbocycles. The number of halogens is 4. The molecule has 4 amide bonds. The number of H-pyrrole nitrogens is 1. The normalized spacial score (nSPS) is 15.1. The molecule has 2 unspecified atom stereocenters. The topological polar surface area (TPSA) is 107 Å². The minimum Gasteiger partial charge on any atom is -0.490 e. The van der Waals surface area contributed by atoms with Gasteiger partial charge in [-0.15, -0.1) is 0 Å². The third-order valence-electron chi connectivity index (χ3n) is 8.34. The standard InChI is InChI=1S/C34H35F4N5O4/c1-21(28-20-39-29-9-4-3-8-27(28)29)30(31(44)42(2)24-7-5-6-22(18-24)19-40-32(45)34(36,37)38)41-33(46)43-16-14-26(15-17-43)47-25-12-10-23(35)11-13-25/h3-13,18,20-21,26,30,39H,14-17,19H2,1-2H3,(H,40,45)(H,41,46). The van der Waals surface area contributed by atoms with Crippen molar-refractivity contribution in [3.8, 4) is 5.75 Å². The number of anilines is 1. The van der Waals surface area contributed by atoms with Crippen LogP contribution in [0.1, 0.15) is 36.8 Å². The second-order valence-corrected chi connectivity index (χ2v) is 11.5. The number of aromatic nitrogens is 1. The Kier molecular flexibility index (Phi) is 10.0. The van der Waals surface area contributed by atoms with Crippen LogP contribution in [0, 0.1) is 5.82 Å². The minimum absolute atomic E-state index is 0.161. The van der Waals surface area contributed by atoms with Gasteiger partial charge in [0.2, 0.25) is 5.91 Å². The minimum atomic E-state index is -5.01. The van der Waals surface area contributed by atoms with Gasteiger partial charge in [0.25, 0.3) is 0 Å². The van der Waals surface area contributed by atoms with Crippen LogP contribution in [0.5, 0.6) is 5.75 Å². The third-order valence-corrected chi connectivity index (χ3v) is 8.34. The van der Waals surface area contributed by atoms with Gasteiger partial charge < -0.3 is 30.2 Å². The molecular weight excluding hydrogens is 618 g/mol. The highest BCUT2D eigenvalue weighted by molar-refractivity contribution is 6.00. The number of ether oxygens (including phenoxy) is 1. The van der Waals surface area contributed by atoms with Crippen molar-refractivity contribution in [2.24, 2.45) is 0 Å². The Labute approximate surface area is 268 Å². The van der Waals surface area contributed by atoms with Gasteiger partial charge in [-0.3, -0.25) is 9.59 Å². The predicted molar refractivity (Wildman–Crippen MR) is 168 cm³/mol. The number of alkyl halides is 3. The summed E-state index contributed by atoms with van der Waals surface area (Å²) in [6.07, 6.45) is -2.28. The second-order valence-electron chi connectivity index (χ2n) is 11.5. The summed E-state index contributed by atoms with van der Waals surface area (Å²) >= 11 is 0. The van der Waals surface area contributed by atoms with Gasteiger partial charge in [-0.25, -0.2) is 9.18 Å². The molecule has 2 atom stereocenters. The maximum Gasteiger partial charge on any atom is 0.471 e. The van der Waals surface area contributed by atoms with Crippen LogP contribution in [0.4, 0.5) is 28.0 Å². The Hall–Kier alpha value is -5.07. The van der Waals surface area contributed by atoms with Gasteiger partial charge in [-0.1, -0.05) is 37.3 Å². The molecule has 9 nitrogen and oxygen atoms in total. The number of carbonyl (C=O) groups excluding carboxylic acids is 3. The first-order chi connectivity index (χ1) is 22.4. The van der Waals surface area contributed by atoms with E-state index in [0.29, 0.717) is 42.9 Å². The largest absolute Gasteiger partial charge is 0.490 e. The maximum atomic E-state index is 14.1. The number of nitrogens with one attached hydrogen (secondary N) is 3. The van der Waals surface area contributed by atoms with E-state index in [4.69, 9.17) is 4.74 Å². The number of para-hydroxylation sites is 1. The van der Waals surface area contributed by atoms with E-state index >= 15 is 0 Å². The zero-order valence-corrected chi connectivity index (χ0v) is 25.8. The highest BCUT2D eigenvalue weighted by atomic mass is 19.4. The molecule has 248 valence electrons. The zero-order chi connectivity index (χ0) is 33.7. The monoisotopic (exact) mass is 653 g/mol. The lowest BCUT2D eigenvalue weighted by molar-refractivity contribution is -0.173. The first kappa shape index (κ1) is 33.3. The second kappa shape index (κ2) is 14.1. The van der Waals surface area contributed by atoms with E-state index in [1.165, 1.54) is 36.2 Å². The number of likely N-dealkylation sites (tertiary alicyclic amines) is 1. The Bertz CT molecular complexity index is 1720. The average molecular weight is 654 g/mol. The van der Waals surface area contributed by atoms with Crippen LogP contribution in [0.3, 0.4) is 0 Å². The van der Waals surface area contributed by atoms with Crippen molar-refractivity contribution >= 4 is 34.4 Å². The van der Waals surface area contributed by atoms with E-state index in [-0.39, 0.29) is 18.5 Å². The van der Waals surface area contributed by atoms with Gasteiger partial charge in [0.1, 0.15) is 23.7 Å². The van der Waals surface area contributed by atoms with Gasteiger partial charge in [0.05, 0.1) is 0 Å². The SMILES string of the molecule is CC(c1c[nH]c2ccccc12)C(NC(=O)N1CCC(Oc2ccc(F)cc2)CC1)C(=O)N(C)c1cccc(CNC(=O)C(F)(F)F)c1. The number of fused-ring (bicyclic) bond motifs is 1. The van der Waals surface area contributed by atoms with Crippen LogP contribution in [0.2, 0.25) is 0 Å². The van der Waals surface area contributed by atoms with Crippen molar-refractivity contribution in [2.45, 2.75) is 50.6 Å². The van der Waals surface area contributed by atoms with Gasteiger partial charge in [-0.2, -0.15) is 13.2 Å². The van der Waals surface area contributed by atoms with Crippen LogP contribution in [-0.2, 0) is 16.1 Å². The van der Waals surface area contributed by atoms with Gasteiger partial charge in [-0.05, 0) is 53.6 Å². The number of benzene rings is 3. The number of likely N-dealkylation sites (N-methyl/N-ethyl adjacent to an activating group) is 1. The third kappa shape index (κ3) is 8.02. The van der Waals surface area contributed by atoms with Crippen molar-refractivity contribution in [2.75, 3.05) is 25.0 Å². The zero-order valence-electron chi connectivity index (χ0n) is 25.8. The molecule has 0 radical (unpaired) electrons. The molecule has 13 heteroatoms. The van der Waals surface area contributed by atoms with Crippen LogP contribution in [-0.4, -0.2) is 66.2 Å². The fourth-order valence-corrected chi connectivity index (χ4v) is 5.65. The smallest absolute Gasteiger partial charge is 0.471 e. The number of rotatable bonds is 9. The van der Waals surface area contributed by atoms with E-state index in [9.17, 15) is 31.9 Å². The summed E-state index contributed by atoms with van der Waals surface area (Å²) in [6, 6.07) is 18.2. The molecule has 0 spiro atoms. The summed E-state index contributed by atoms with van der Waals surface area (Å²) in [5.74, 6) is -2.81. The molecule has 1 fully saturated rings. The van der Waals surface area contributed by atoms with E-state index in [2.05, 4.69) is 10.3 Å². The Morgan fingerprint density at radius 2 is 1.72 bits per heavy atom. The van der Waals surface area contributed by atoms with E-state index < -0.39 is 36.0 Å². The van der Waals surface area contributed by atoms with Gasteiger partial charge in [0, 0.05) is 68.2 Å². The van der Waals surface area contributed by atoms with Crippen molar-refractivity contribution in [1.82, 2.24) is 20.5 Å². The molecule has 2 heterocycles. The lowest BCUT2D eigenvalue weighted by Gasteiger charge is -2.35. The van der Waals surface area contributed by atoms with E-state index in [1.54, 1.807) is 29.2 Å². The van der Waals surface area contributed by atoms with Crippen LogP contribution >= 0.6 is 0 Å². The number of piperidine rings is 1. The van der Waals surface area contributed by atoms with Crippen LogP contribution in [0.25, 0.3) is 10.9 Å². The highest BCUT2D eigenvalue weighted by Crippen LogP contribution is 2.30. The summed E-state index contributed by atoms with van der Waals surface area (Å²) in [7, 11) is 1.52. The predicted octanol–water partition coefficient (Wildman–Crippen LogP) is 5.87. The summed E-state index contributed by atoms with van der Waals surface area (Å²) in [6.45, 7) is 2.21. The van der Waals surface area contributed by atoms with Crippen molar-refractivity contribution in [1.29, 1.82) is 0 Å². The first-order valence-electron chi connectivity index (χ1n) is 15.2. The molecule has 4 aromatic rings. The number of aromatic amines is 1. The van der Waals surface area contributed by atoms with Crippen molar-refractivity contribution < 1.29 is 36.7 Å². The number of amides is 4.